The quantitative estimate of drug-likeness (QED) is 0.0261. The molecule has 6 nitrogen and oxygen atoms in total. The van der Waals surface area contributed by atoms with Crippen molar-refractivity contribution in [1.82, 2.24) is 0 Å². The van der Waals surface area contributed by atoms with Crippen LogP contribution in [0.5, 0.6) is 0 Å². The SMILES string of the molecule is CC/C=C\C/C=C\C/C=C\C/C=C\C/C=C\CCCCCC(=O)OC(COC(=O)CCCCCCCCCCC)COC(=O)CCCCCCCCCCCCCC/C=C\C/C=C\C/C=C\C/C=C\CC. The van der Waals surface area contributed by atoms with Crippen LogP contribution in [-0.2, 0) is 28.6 Å². The molecule has 6 heteroatoms. The maximum Gasteiger partial charge on any atom is 0.306 e. The molecule has 1 unspecified atom stereocenters. The largest absolute Gasteiger partial charge is 0.462 e. The van der Waals surface area contributed by atoms with Crippen molar-refractivity contribution in [1.29, 1.82) is 0 Å². The van der Waals surface area contributed by atoms with Gasteiger partial charge in [-0.3, -0.25) is 14.4 Å². The minimum atomic E-state index is -0.795. The fourth-order valence-electron chi connectivity index (χ4n) is 7.93. The van der Waals surface area contributed by atoms with Crippen molar-refractivity contribution in [2.45, 2.75) is 271 Å². The van der Waals surface area contributed by atoms with Crippen LogP contribution >= 0.6 is 0 Å². The molecule has 0 aromatic rings. The average Bonchev–Trinajstić information content (AvgIpc) is 3.37. The molecule has 0 aliphatic heterocycles. The Bertz CT molecular complexity index is 1460. The fourth-order valence-corrected chi connectivity index (χ4v) is 7.93. The van der Waals surface area contributed by atoms with Gasteiger partial charge in [0.2, 0.25) is 0 Å². The maximum atomic E-state index is 12.8. The van der Waals surface area contributed by atoms with Gasteiger partial charge in [0.05, 0.1) is 0 Å². The summed E-state index contributed by atoms with van der Waals surface area (Å²) in [6, 6.07) is 0. The summed E-state index contributed by atoms with van der Waals surface area (Å²) in [5.41, 5.74) is 0. The Hall–Kier alpha value is -3.93. The summed E-state index contributed by atoms with van der Waals surface area (Å²) < 4.78 is 16.8. The van der Waals surface area contributed by atoms with Gasteiger partial charge in [-0.2, -0.15) is 0 Å². The van der Waals surface area contributed by atoms with Crippen molar-refractivity contribution in [2.75, 3.05) is 13.2 Å². The van der Waals surface area contributed by atoms with Crippen molar-refractivity contribution in [3.05, 3.63) is 109 Å². The Morgan fingerprint density at radius 1 is 0.296 bits per heavy atom. The highest BCUT2D eigenvalue weighted by molar-refractivity contribution is 5.71. The number of rotatable bonds is 52. The second-order valence-electron chi connectivity index (χ2n) is 19.1. The Labute approximate surface area is 438 Å². The number of carbonyl (C=O) groups excluding carboxylic acids is 3. The van der Waals surface area contributed by atoms with Gasteiger partial charge in [0.15, 0.2) is 6.10 Å². The van der Waals surface area contributed by atoms with Crippen molar-refractivity contribution in [3.8, 4) is 0 Å². The van der Waals surface area contributed by atoms with Crippen LogP contribution in [-0.4, -0.2) is 37.2 Å². The predicted molar refractivity (Wildman–Crippen MR) is 307 cm³/mol. The molecule has 404 valence electrons. The Kier molecular flexibility index (Phi) is 55.4. The van der Waals surface area contributed by atoms with Crippen molar-refractivity contribution in [2.24, 2.45) is 0 Å². The highest BCUT2D eigenvalue weighted by Crippen LogP contribution is 2.15. The van der Waals surface area contributed by atoms with Gasteiger partial charge in [0, 0.05) is 19.3 Å². The van der Waals surface area contributed by atoms with Gasteiger partial charge < -0.3 is 14.2 Å². The summed E-state index contributed by atoms with van der Waals surface area (Å²) in [4.78, 5) is 38.1. The van der Waals surface area contributed by atoms with Crippen molar-refractivity contribution in [3.63, 3.8) is 0 Å². The zero-order valence-electron chi connectivity index (χ0n) is 46.2. The van der Waals surface area contributed by atoms with E-state index in [1.54, 1.807) is 0 Å². The smallest absolute Gasteiger partial charge is 0.306 e. The average molecular weight is 986 g/mol. The molecule has 0 amide bonds. The van der Waals surface area contributed by atoms with Crippen LogP contribution in [0.4, 0.5) is 0 Å². The third kappa shape index (κ3) is 56.9. The summed E-state index contributed by atoms with van der Waals surface area (Å²) in [5.74, 6) is -0.926. The van der Waals surface area contributed by atoms with Crippen molar-refractivity contribution < 1.29 is 28.6 Å². The number of esters is 3. The van der Waals surface area contributed by atoms with Gasteiger partial charge in [-0.1, -0.05) is 252 Å². The molecule has 0 fully saturated rings. The van der Waals surface area contributed by atoms with E-state index >= 15 is 0 Å². The molecule has 71 heavy (non-hydrogen) atoms. The topological polar surface area (TPSA) is 78.9 Å². The van der Waals surface area contributed by atoms with E-state index in [1.165, 1.54) is 103 Å². The lowest BCUT2D eigenvalue weighted by Crippen LogP contribution is -2.30. The van der Waals surface area contributed by atoms with Crippen molar-refractivity contribution >= 4 is 17.9 Å². The minimum Gasteiger partial charge on any atom is -0.462 e. The molecule has 0 aromatic carbocycles. The van der Waals surface area contributed by atoms with Gasteiger partial charge in [0.1, 0.15) is 13.2 Å². The first-order chi connectivity index (χ1) is 35.0. The van der Waals surface area contributed by atoms with E-state index in [2.05, 4.69) is 130 Å². The van der Waals surface area contributed by atoms with Crippen LogP contribution in [0.2, 0.25) is 0 Å². The zero-order chi connectivity index (χ0) is 51.4. The normalized spacial score (nSPS) is 12.9. The Balaban J connectivity index is 4.30. The molecule has 0 radical (unpaired) electrons. The summed E-state index contributed by atoms with van der Waals surface area (Å²) in [6.07, 6.45) is 79.5. The number of unbranched alkanes of at least 4 members (excludes halogenated alkanes) is 23. The monoisotopic (exact) mass is 985 g/mol. The van der Waals surface area contributed by atoms with Gasteiger partial charge in [-0.05, 0) is 103 Å². The first-order valence-electron chi connectivity index (χ1n) is 29.4. The molecule has 0 saturated carbocycles. The van der Waals surface area contributed by atoms with E-state index in [-0.39, 0.29) is 37.5 Å². The first-order valence-corrected chi connectivity index (χ1v) is 29.4. The number of allylic oxidation sites excluding steroid dienone is 18. The summed E-state index contributed by atoms with van der Waals surface area (Å²) in [7, 11) is 0. The fraction of sp³-hybridized carbons (Fsp3) is 0.677. The van der Waals surface area contributed by atoms with Crippen LogP contribution in [0, 0.1) is 0 Å². The molecular formula is C65H108O6. The molecule has 0 aliphatic rings. The van der Waals surface area contributed by atoms with Gasteiger partial charge in [-0.15, -0.1) is 0 Å². The number of ether oxygens (including phenoxy) is 3. The van der Waals surface area contributed by atoms with E-state index in [1.807, 2.05) is 0 Å². The summed E-state index contributed by atoms with van der Waals surface area (Å²) >= 11 is 0. The second-order valence-corrected chi connectivity index (χ2v) is 19.1. The molecule has 0 aromatic heterocycles. The number of carbonyl (C=O) groups is 3. The van der Waals surface area contributed by atoms with Gasteiger partial charge >= 0.3 is 17.9 Å². The highest BCUT2D eigenvalue weighted by atomic mass is 16.6. The molecular weight excluding hydrogens is 877 g/mol. The second kappa shape index (κ2) is 58.6. The molecule has 0 bridgehead atoms. The zero-order valence-corrected chi connectivity index (χ0v) is 46.2. The van der Waals surface area contributed by atoms with Crippen LogP contribution in [0.3, 0.4) is 0 Å². The van der Waals surface area contributed by atoms with Gasteiger partial charge in [-0.25, -0.2) is 0 Å². The van der Waals surface area contributed by atoms with Crippen LogP contribution in [0.1, 0.15) is 265 Å². The molecule has 1 atom stereocenters. The van der Waals surface area contributed by atoms with Gasteiger partial charge in [0.25, 0.3) is 0 Å². The maximum absolute atomic E-state index is 12.8. The summed E-state index contributed by atoms with van der Waals surface area (Å²) in [5, 5.41) is 0. The lowest BCUT2D eigenvalue weighted by molar-refractivity contribution is -0.167. The molecule has 0 rings (SSSR count). The summed E-state index contributed by atoms with van der Waals surface area (Å²) in [6.45, 7) is 6.37. The molecule has 0 heterocycles. The van der Waals surface area contributed by atoms with Crippen LogP contribution < -0.4 is 0 Å². The number of hydrogen-bond acceptors (Lipinski definition) is 6. The minimum absolute atomic E-state index is 0.0912. The van der Waals surface area contributed by atoms with E-state index in [9.17, 15) is 14.4 Å². The van der Waals surface area contributed by atoms with E-state index in [0.717, 1.165) is 122 Å². The molecule has 0 saturated heterocycles. The highest BCUT2D eigenvalue weighted by Gasteiger charge is 2.19. The van der Waals surface area contributed by atoms with Crippen LogP contribution in [0.15, 0.2) is 109 Å². The molecule has 0 N–H and O–H groups in total. The lowest BCUT2D eigenvalue weighted by atomic mass is 10.0. The third-order valence-electron chi connectivity index (χ3n) is 12.3. The Morgan fingerprint density at radius 2 is 0.549 bits per heavy atom. The van der Waals surface area contributed by atoms with E-state index < -0.39 is 6.10 Å². The van der Waals surface area contributed by atoms with E-state index in [0.29, 0.717) is 12.8 Å². The molecule has 0 spiro atoms. The lowest BCUT2D eigenvalue weighted by Gasteiger charge is -2.18. The predicted octanol–water partition coefficient (Wildman–Crippen LogP) is 19.9. The first kappa shape index (κ1) is 67.1. The Morgan fingerprint density at radius 3 is 0.873 bits per heavy atom. The number of hydrogen-bond donors (Lipinski definition) is 0. The molecule has 0 aliphatic carbocycles. The van der Waals surface area contributed by atoms with E-state index in [4.69, 9.17) is 14.2 Å². The standard InChI is InChI=1S/C65H108O6/c1-4-7-10-13-16-19-21-23-25-27-29-30-31-32-33-34-36-37-39-41-43-46-49-52-55-58-64(67)70-61-62(60-69-63(66)57-54-51-48-45-18-15-12-9-6-3)71-65(68)59-56-53-50-47-44-42-40-38-35-28-26-24-22-20-17-14-11-8-5-2/h7-8,10-11,16-17,19-20,23-26,29-30,35,38,42,44,62H,4-6,9,12-15,18,21-22,27-28,31-34,36-37,39-41,43,45-61H2,1-3H3/b10-7-,11-8-,19-16-,20-17-,25-23-,26-24-,30-29-,38-35-,44-42-. The third-order valence-corrected chi connectivity index (χ3v) is 12.3. The van der Waals surface area contributed by atoms with Crippen LogP contribution in [0.25, 0.3) is 0 Å².